The third kappa shape index (κ3) is 5.91. The highest BCUT2D eigenvalue weighted by Gasteiger charge is 2.48. The lowest BCUT2D eigenvalue weighted by Gasteiger charge is -2.55. The zero-order valence-corrected chi connectivity index (χ0v) is 33.2. The molecule has 10 rings (SSSR count). The number of halogens is 3. The minimum atomic E-state index is -0.983. The number of piperidine rings is 3. The minimum Gasteiger partial charge on any atom is -0.371 e. The first-order valence-corrected chi connectivity index (χ1v) is 21.3. The van der Waals surface area contributed by atoms with Crippen molar-refractivity contribution in [2.75, 3.05) is 55.6 Å². The molecule has 1 N–H and O–H groups in total. The second-order valence-corrected chi connectivity index (χ2v) is 18.3. The lowest BCUT2D eigenvalue weighted by molar-refractivity contribution is -0.134. The summed E-state index contributed by atoms with van der Waals surface area (Å²) in [4.78, 5) is 49.3. The van der Waals surface area contributed by atoms with Crippen molar-refractivity contribution < 1.29 is 18.4 Å². The topological polar surface area (TPSA) is 90.8 Å². The lowest BCUT2D eigenvalue weighted by Crippen LogP contribution is -2.60. The van der Waals surface area contributed by atoms with E-state index in [-0.39, 0.29) is 34.8 Å². The standard InChI is InChI=1S/C44H47BrF2N6O3/c45-32-5-4-6-35-39(32)41(56)49-42-44(13-2-1-3-14-44)31-9-7-28(23-36(31)53(35)42)51-17-11-27(12-18-51)24-50-19-15-43(16-20-50)25-52(26-43)29-21-33(46)38(34(47)22-29)30-8-10-37(54)48-40(30)55/h4-7,9,21-23,27,30H,1-3,8,10-20,24-26H2,(H,48,54,55). The molecular weight excluding hydrogens is 778 g/mol. The smallest absolute Gasteiger partial charge is 0.281 e. The molecule has 0 bridgehead atoms. The van der Waals surface area contributed by atoms with E-state index >= 15 is 8.78 Å². The third-order valence-corrected chi connectivity index (χ3v) is 14.9. The number of hydrogen-bond acceptors (Lipinski definition) is 7. The number of aromatic nitrogens is 2. The molecule has 4 saturated heterocycles. The van der Waals surface area contributed by atoms with Crippen LogP contribution in [-0.2, 0) is 15.0 Å². The fourth-order valence-corrected chi connectivity index (χ4v) is 11.7. The Bertz CT molecular complexity index is 2290. The van der Waals surface area contributed by atoms with Crippen LogP contribution in [0.2, 0.25) is 0 Å². The van der Waals surface area contributed by atoms with Gasteiger partial charge in [0.1, 0.15) is 17.5 Å². The van der Waals surface area contributed by atoms with Crippen LogP contribution in [-0.4, -0.2) is 72.1 Å². The van der Waals surface area contributed by atoms with E-state index in [4.69, 9.17) is 4.98 Å². The zero-order valence-electron chi connectivity index (χ0n) is 31.6. The predicted octanol–water partition coefficient (Wildman–Crippen LogP) is 7.33. The van der Waals surface area contributed by atoms with Crippen molar-refractivity contribution in [3.05, 3.63) is 91.9 Å². The summed E-state index contributed by atoms with van der Waals surface area (Å²) in [7, 11) is 0. The molecule has 3 aromatic carbocycles. The lowest BCUT2D eigenvalue weighted by atomic mass is 9.70. The summed E-state index contributed by atoms with van der Waals surface area (Å²) in [6, 6.07) is 15.7. The average molecular weight is 826 g/mol. The van der Waals surface area contributed by atoms with Gasteiger partial charge in [-0.1, -0.05) is 31.4 Å². The highest BCUT2D eigenvalue weighted by molar-refractivity contribution is 9.10. The Balaban J connectivity index is 0.768. The van der Waals surface area contributed by atoms with E-state index in [1.54, 1.807) is 0 Å². The van der Waals surface area contributed by atoms with Crippen molar-refractivity contribution in [2.24, 2.45) is 11.3 Å². The SMILES string of the molecule is O=C1CCC(c2c(F)cc(N3CC4(CCN(CC5CCN(c6ccc7c(c6)-n6c(nc(=O)c8c(Br)cccc86)C76CCCCC6)CC5)CC4)C3)cc2F)C(=O)N1. The van der Waals surface area contributed by atoms with Crippen molar-refractivity contribution in [3.8, 4) is 5.69 Å². The van der Waals surface area contributed by atoms with Crippen molar-refractivity contribution in [3.63, 3.8) is 0 Å². The number of benzene rings is 3. The van der Waals surface area contributed by atoms with E-state index in [9.17, 15) is 14.4 Å². The van der Waals surface area contributed by atoms with Gasteiger partial charge < -0.3 is 14.7 Å². The summed E-state index contributed by atoms with van der Waals surface area (Å²) in [6.07, 6.45) is 10.2. The number of hydrogen-bond donors (Lipinski definition) is 1. The first-order chi connectivity index (χ1) is 27.1. The molecule has 5 fully saturated rings. The Morgan fingerprint density at radius 2 is 1.55 bits per heavy atom. The number of carbonyl (C=O) groups is 2. The average Bonchev–Trinajstić information content (AvgIpc) is 3.43. The van der Waals surface area contributed by atoms with E-state index in [0.717, 1.165) is 113 Å². The molecule has 1 unspecified atom stereocenters. The van der Waals surface area contributed by atoms with E-state index in [0.29, 0.717) is 17.0 Å². The van der Waals surface area contributed by atoms with Gasteiger partial charge in [-0.3, -0.25) is 24.3 Å². The number of imide groups is 1. The van der Waals surface area contributed by atoms with Crippen molar-refractivity contribution in [1.82, 2.24) is 19.8 Å². The predicted molar refractivity (Wildman–Crippen MR) is 216 cm³/mol. The summed E-state index contributed by atoms with van der Waals surface area (Å²) < 4.78 is 33.5. The second kappa shape index (κ2) is 13.7. The number of fused-ring (bicyclic) bond motifs is 7. The van der Waals surface area contributed by atoms with Crippen molar-refractivity contribution in [2.45, 2.75) is 82.0 Å². The summed E-state index contributed by atoms with van der Waals surface area (Å²) in [5, 5.41) is 2.85. The third-order valence-electron chi connectivity index (χ3n) is 14.2. The van der Waals surface area contributed by atoms with Gasteiger partial charge in [-0.05, 0) is 122 Å². The van der Waals surface area contributed by atoms with E-state index in [1.165, 1.54) is 35.5 Å². The van der Waals surface area contributed by atoms with Gasteiger partial charge in [0.25, 0.3) is 5.56 Å². The first-order valence-electron chi connectivity index (χ1n) is 20.5. The van der Waals surface area contributed by atoms with Gasteiger partial charge in [0, 0.05) is 66.0 Å². The number of amides is 2. The number of anilines is 2. The van der Waals surface area contributed by atoms with Gasteiger partial charge in [0.05, 0.1) is 27.9 Å². The maximum atomic E-state index is 15.2. The number of carbonyl (C=O) groups excluding carboxylic acids is 2. The number of nitrogens with zero attached hydrogens (tertiary/aromatic N) is 5. The Hall–Kier alpha value is -4.16. The van der Waals surface area contributed by atoms with E-state index < -0.39 is 29.4 Å². The number of rotatable bonds is 5. The molecule has 1 aromatic heterocycles. The molecule has 1 saturated carbocycles. The van der Waals surface area contributed by atoms with Crippen LogP contribution < -0.4 is 20.7 Å². The van der Waals surface area contributed by atoms with Crippen LogP contribution in [0.1, 0.15) is 93.5 Å². The van der Waals surface area contributed by atoms with Gasteiger partial charge in [-0.15, -0.1) is 0 Å². The molecule has 12 heteroatoms. The van der Waals surface area contributed by atoms with E-state index in [2.05, 4.69) is 64.8 Å². The van der Waals surface area contributed by atoms with Crippen molar-refractivity contribution >= 4 is 50.0 Å². The Morgan fingerprint density at radius 3 is 2.27 bits per heavy atom. The van der Waals surface area contributed by atoms with Gasteiger partial charge in [-0.25, -0.2) is 8.78 Å². The number of nitrogens with one attached hydrogen (secondary N) is 1. The maximum Gasteiger partial charge on any atom is 0.281 e. The largest absolute Gasteiger partial charge is 0.371 e. The van der Waals surface area contributed by atoms with Gasteiger partial charge in [0.2, 0.25) is 11.8 Å². The second-order valence-electron chi connectivity index (χ2n) is 17.5. The van der Waals surface area contributed by atoms with Crippen LogP contribution in [0, 0.1) is 23.0 Å². The maximum absolute atomic E-state index is 15.2. The fraction of sp³-hybridized carbons (Fsp3) is 0.500. The molecular formula is C44H47BrF2N6O3. The Labute approximate surface area is 333 Å². The molecule has 2 spiro atoms. The molecule has 6 aliphatic rings. The Kier molecular flexibility index (Phi) is 8.89. The van der Waals surface area contributed by atoms with Crippen LogP contribution in [0.25, 0.3) is 16.6 Å². The molecule has 56 heavy (non-hydrogen) atoms. The molecule has 292 valence electrons. The molecule has 9 nitrogen and oxygen atoms in total. The molecule has 1 aliphatic carbocycles. The molecule has 1 atom stereocenters. The monoisotopic (exact) mass is 824 g/mol. The summed E-state index contributed by atoms with van der Waals surface area (Å²) in [6.45, 7) is 6.77. The van der Waals surface area contributed by atoms with Crippen molar-refractivity contribution in [1.29, 1.82) is 0 Å². The van der Waals surface area contributed by atoms with Crippen LogP contribution in [0.5, 0.6) is 0 Å². The molecule has 0 radical (unpaired) electrons. The van der Waals surface area contributed by atoms with Gasteiger partial charge in [0.15, 0.2) is 0 Å². The molecule has 6 heterocycles. The minimum absolute atomic E-state index is 0.0773. The zero-order chi connectivity index (χ0) is 38.3. The van der Waals surface area contributed by atoms with Crippen LogP contribution in [0.4, 0.5) is 20.2 Å². The summed E-state index contributed by atoms with van der Waals surface area (Å²) in [5.74, 6) is -1.90. The highest BCUT2D eigenvalue weighted by atomic mass is 79.9. The fourth-order valence-electron chi connectivity index (χ4n) is 11.1. The van der Waals surface area contributed by atoms with Gasteiger partial charge in [-0.2, -0.15) is 4.98 Å². The summed E-state index contributed by atoms with van der Waals surface area (Å²) >= 11 is 3.64. The number of likely N-dealkylation sites (tertiary alicyclic amines) is 1. The molecule has 2 amide bonds. The van der Waals surface area contributed by atoms with Crippen LogP contribution in [0.3, 0.4) is 0 Å². The van der Waals surface area contributed by atoms with Gasteiger partial charge >= 0.3 is 0 Å². The van der Waals surface area contributed by atoms with E-state index in [1.807, 2.05) is 12.1 Å². The normalized spacial score (nSPS) is 23.4. The Morgan fingerprint density at radius 1 is 0.821 bits per heavy atom. The summed E-state index contributed by atoms with van der Waals surface area (Å²) in [5.41, 5.74) is 4.74. The molecule has 5 aliphatic heterocycles. The van der Waals surface area contributed by atoms with Crippen LogP contribution in [0.15, 0.2) is 57.8 Å². The first kappa shape index (κ1) is 36.2. The van der Waals surface area contributed by atoms with Crippen LogP contribution >= 0.6 is 15.9 Å². The molecule has 4 aromatic rings. The highest BCUT2D eigenvalue weighted by Crippen LogP contribution is 2.52. The quantitative estimate of drug-likeness (QED) is 0.211.